The number of hydrogen-bond donors (Lipinski definition) is 2. The van der Waals surface area contributed by atoms with E-state index < -0.39 is 10.0 Å². The molecule has 0 aliphatic rings. The van der Waals surface area contributed by atoms with Crippen molar-refractivity contribution in [1.29, 1.82) is 0 Å². The van der Waals surface area contributed by atoms with Gasteiger partial charge in [-0.1, -0.05) is 19.1 Å². The molecule has 2 aromatic rings. The van der Waals surface area contributed by atoms with E-state index in [-0.39, 0.29) is 4.90 Å². The summed E-state index contributed by atoms with van der Waals surface area (Å²) < 4.78 is 22.3. The van der Waals surface area contributed by atoms with Crippen molar-refractivity contribution < 1.29 is 8.42 Å². The molecule has 0 amide bonds. The van der Waals surface area contributed by atoms with Crippen LogP contribution in [0.3, 0.4) is 0 Å². The van der Waals surface area contributed by atoms with Gasteiger partial charge in [-0.2, -0.15) is 0 Å². The van der Waals surface area contributed by atoms with E-state index in [0.29, 0.717) is 0 Å². The van der Waals surface area contributed by atoms with Gasteiger partial charge >= 0.3 is 0 Å². The minimum absolute atomic E-state index is 0.140. The number of aromatic nitrogens is 1. The molecule has 0 atom stereocenters. The molecule has 7 heteroatoms. The highest BCUT2D eigenvalue weighted by atomic mass is 32.2. The van der Waals surface area contributed by atoms with Crippen molar-refractivity contribution in [1.82, 2.24) is 4.98 Å². The van der Waals surface area contributed by atoms with Crippen molar-refractivity contribution in [3.8, 4) is 0 Å². The third-order valence-corrected chi connectivity index (χ3v) is 4.63. The van der Waals surface area contributed by atoms with Crippen molar-refractivity contribution in [3.63, 3.8) is 0 Å². The lowest BCUT2D eigenvalue weighted by Crippen LogP contribution is -2.12. The SMILES string of the molecule is CCc1csc(NCCc2ccc(S(N)(=O)=O)cc2)n1. The van der Waals surface area contributed by atoms with Gasteiger partial charge in [-0.3, -0.25) is 0 Å². The summed E-state index contributed by atoms with van der Waals surface area (Å²) in [5.41, 5.74) is 2.15. The first-order valence-corrected chi connectivity index (χ1v) is 8.71. The van der Waals surface area contributed by atoms with E-state index in [1.807, 2.05) is 5.38 Å². The molecule has 1 aromatic carbocycles. The lowest BCUT2D eigenvalue weighted by Gasteiger charge is -2.04. The molecule has 0 saturated carbocycles. The fraction of sp³-hybridized carbons (Fsp3) is 0.308. The molecular formula is C13H17N3O2S2. The van der Waals surface area contributed by atoms with E-state index in [9.17, 15) is 8.42 Å². The molecule has 0 saturated heterocycles. The first kappa shape index (κ1) is 15.0. The average Bonchev–Trinajstić information content (AvgIpc) is 2.86. The predicted octanol–water partition coefficient (Wildman–Crippen LogP) is 2.01. The summed E-state index contributed by atoms with van der Waals surface area (Å²) in [4.78, 5) is 4.56. The number of nitrogens with two attached hydrogens (primary N) is 1. The number of thiazole rings is 1. The Morgan fingerprint density at radius 1 is 1.30 bits per heavy atom. The zero-order valence-corrected chi connectivity index (χ0v) is 12.8. The van der Waals surface area contributed by atoms with Gasteiger partial charge < -0.3 is 5.32 Å². The molecule has 1 heterocycles. The molecule has 1 aromatic heterocycles. The Morgan fingerprint density at radius 3 is 2.55 bits per heavy atom. The van der Waals surface area contributed by atoms with Crippen LogP contribution in [0.1, 0.15) is 18.2 Å². The molecule has 0 spiro atoms. The first-order valence-electron chi connectivity index (χ1n) is 6.29. The van der Waals surface area contributed by atoms with Crippen molar-refractivity contribution in [2.45, 2.75) is 24.7 Å². The lowest BCUT2D eigenvalue weighted by atomic mass is 10.1. The van der Waals surface area contributed by atoms with Gasteiger partial charge in [0.25, 0.3) is 0 Å². The number of rotatable bonds is 6. The smallest absolute Gasteiger partial charge is 0.238 e. The monoisotopic (exact) mass is 311 g/mol. The third kappa shape index (κ3) is 4.03. The van der Waals surface area contributed by atoms with E-state index in [2.05, 4.69) is 17.2 Å². The zero-order valence-electron chi connectivity index (χ0n) is 11.2. The van der Waals surface area contributed by atoms with Crippen LogP contribution in [-0.4, -0.2) is 19.9 Å². The van der Waals surface area contributed by atoms with Crippen LogP contribution >= 0.6 is 11.3 Å². The quantitative estimate of drug-likeness (QED) is 0.854. The van der Waals surface area contributed by atoms with Crippen LogP contribution < -0.4 is 10.5 Å². The zero-order chi connectivity index (χ0) is 14.6. The molecule has 2 rings (SSSR count). The van der Waals surface area contributed by atoms with E-state index in [1.54, 1.807) is 23.5 Å². The number of primary sulfonamides is 1. The number of hydrogen-bond acceptors (Lipinski definition) is 5. The van der Waals surface area contributed by atoms with Gasteiger partial charge in [0.1, 0.15) is 0 Å². The number of aryl methyl sites for hydroxylation is 1. The Kier molecular flexibility index (Phi) is 4.74. The van der Waals surface area contributed by atoms with E-state index >= 15 is 0 Å². The van der Waals surface area contributed by atoms with E-state index in [4.69, 9.17) is 5.14 Å². The first-order chi connectivity index (χ1) is 9.49. The second kappa shape index (κ2) is 6.34. The molecule has 20 heavy (non-hydrogen) atoms. The van der Waals surface area contributed by atoms with Crippen LogP contribution in [0, 0.1) is 0 Å². The van der Waals surface area contributed by atoms with E-state index in [1.165, 1.54) is 12.1 Å². The normalized spacial score (nSPS) is 11.5. The molecule has 108 valence electrons. The highest BCUT2D eigenvalue weighted by Gasteiger charge is 2.06. The van der Waals surface area contributed by atoms with Gasteiger partial charge in [0.15, 0.2) is 5.13 Å². The molecule has 0 unspecified atom stereocenters. The highest BCUT2D eigenvalue weighted by Crippen LogP contribution is 2.16. The maximum Gasteiger partial charge on any atom is 0.238 e. The Morgan fingerprint density at radius 2 is 2.00 bits per heavy atom. The molecule has 5 nitrogen and oxygen atoms in total. The fourth-order valence-electron chi connectivity index (χ4n) is 1.71. The number of nitrogens with zero attached hydrogens (tertiary/aromatic N) is 1. The second-order valence-corrected chi connectivity index (χ2v) is 6.78. The largest absolute Gasteiger partial charge is 0.361 e. The lowest BCUT2D eigenvalue weighted by molar-refractivity contribution is 0.598. The Labute approximate surface area is 122 Å². The fourth-order valence-corrected chi connectivity index (χ4v) is 3.05. The maximum atomic E-state index is 11.1. The Hall–Kier alpha value is -1.44. The highest BCUT2D eigenvalue weighted by molar-refractivity contribution is 7.89. The minimum Gasteiger partial charge on any atom is -0.361 e. The van der Waals surface area contributed by atoms with Gasteiger partial charge in [0.05, 0.1) is 10.6 Å². The van der Waals surface area contributed by atoms with Crippen LogP contribution in [0.5, 0.6) is 0 Å². The number of anilines is 1. The summed E-state index contributed by atoms with van der Waals surface area (Å²) in [6.07, 6.45) is 1.74. The Balaban J connectivity index is 1.88. The van der Waals surface area contributed by atoms with Gasteiger partial charge in [-0.05, 0) is 30.5 Å². The van der Waals surface area contributed by atoms with Crippen molar-refractivity contribution >= 4 is 26.5 Å². The van der Waals surface area contributed by atoms with Crippen LogP contribution in [0.15, 0.2) is 34.5 Å². The van der Waals surface area contributed by atoms with Crippen molar-refractivity contribution in [2.75, 3.05) is 11.9 Å². The van der Waals surface area contributed by atoms with Crippen LogP contribution in [0.25, 0.3) is 0 Å². The predicted molar refractivity (Wildman–Crippen MR) is 81.5 cm³/mol. The standard InChI is InChI=1S/C13H17N3O2S2/c1-2-11-9-19-13(16-11)15-8-7-10-3-5-12(6-4-10)20(14,17)18/h3-6,9H,2,7-8H2,1H3,(H,15,16)(H2,14,17,18). The topological polar surface area (TPSA) is 85.1 Å². The molecule has 0 radical (unpaired) electrons. The molecule has 0 aliphatic carbocycles. The van der Waals surface area contributed by atoms with Gasteiger partial charge in [0.2, 0.25) is 10.0 Å². The summed E-state index contributed by atoms with van der Waals surface area (Å²) in [7, 11) is -3.61. The van der Waals surface area contributed by atoms with Gasteiger partial charge in [-0.25, -0.2) is 18.5 Å². The van der Waals surface area contributed by atoms with Crippen molar-refractivity contribution in [2.24, 2.45) is 5.14 Å². The maximum absolute atomic E-state index is 11.1. The molecule has 0 aliphatic heterocycles. The average molecular weight is 311 g/mol. The Bertz CT molecular complexity index is 663. The molecule has 0 fully saturated rings. The summed E-state index contributed by atoms with van der Waals surface area (Å²) in [6, 6.07) is 6.62. The molecule has 3 N–H and O–H groups in total. The van der Waals surface area contributed by atoms with Gasteiger partial charge in [-0.15, -0.1) is 11.3 Å². The summed E-state index contributed by atoms with van der Waals surface area (Å²) in [5, 5.41) is 11.3. The van der Waals surface area contributed by atoms with E-state index in [0.717, 1.165) is 35.8 Å². The van der Waals surface area contributed by atoms with Crippen molar-refractivity contribution in [3.05, 3.63) is 40.9 Å². The molecule has 0 bridgehead atoms. The van der Waals surface area contributed by atoms with Crippen LogP contribution in [-0.2, 0) is 22.9 Å². The number of sulfonamides is 1. The molecular weight excluding hydrogens is 294 g/mol. The minimum atomic E-state index is -3.61. The summed E-state index contributed by atoms with van der Waals surface area (Å²) >= 11 is 1.60. The van der Waals surface area contributed by atoms with Crippen LogP contribution in [0.4, 0.5) is 5.13 Å². The number of benzene rings is 1. The number of nitrogens with one attached hydrogen (secondary N) is 1. The van der Waals surface area contributed by atoms with Crippen LogP contribution in [0.2, 0.25) is 0 Å². The summed E-state index contributed by atoms with van der Waals surface area (Å²) in [5.74, 6) is 0. The summed E-state index contributed by atoms with van der Waals surface area (Å²) in [6.45, 7) is 2.83. The third-order valence-electron chi connectivity index (χ3n) is 2.86. The second-order valence-electron chi connectivity index (χ2n) is 4.36. The van der Waals surface area contributed by atoms with Gasteiger partial charge in [0, 0.05) is 11.9 Å².